The SMILES string of the molecule is COc1ccc(NC(=O)C(Cc2cn(C)c3ccccc23)NC(=O)OC(C)(C)C)cn1. The Bertz CT molecular complexity index is 1070. The lowest BCUT2D eigenvalue weighted by atomic mass is 10.0. The summed E-state index contributed by atoms with van der Waals surface area (Å²) >= 11 is 0. The molecule has 0 radical (unpaired) electrons. The molecule has 1 aromatic carbocycles. The van der Waals surface area contributed by atoms with Crippen LogP contribution in [0.4, 0.5) is 10.5 Å². The molecule has 8 nitrogen and oxygen atoms in total. The zero-order chi connectivity index (χ0) is 22.6. The van der Waals surface area contributed by atoms with Crippen molar-refractivity contribution >= 4 is 28.6 Å². The Kier molecular flexibility index (Phi) is 6.48. The number of carbonyl (C=O) groups is 2. The maximum atomic E-state index is 13.1. The van der Waals surface area contributed by atoms with Crippen LogP contribution < -0.4 is 15.4 Å². The summed E-state index contributed by atoms with van der Waals surface area (Å²) < 4.78 is 12.4. The van der Waals surface area contributed by atoms with Gasteiger partial charge < -0.3 is 24.7 Å². The zero-order valence-corrected chi connectivity index (χ0v) is 18.4. The van der Waals surface area contributed by atoms with Gasteiger partial charge >= 0.3 is 6.09 Å². The molecule has 3 rings (SSSR count). The summed E-state index contributed by atoms with van der Waals surface area (Å²) in [6.45, 7) is 5.32. The van der Waals surface area contributed by atoms with Crippen LogP contribution in [0.15, 0.2) is 48.8 Å². The van der Waals surface area contributed by atoms with Gasteiger partial charge in [-0.2, -0.15) is 0 Å². The van der Waals surface area contributed by atoms with E-state index in [4.69, 9.17) is 9.47 Å². The van der Waals surface area contributed by atoms with Gasteiger partial charge in [-0.25, -0.2) is 9.78 Å². The van der Waals surface area contributed by atoms with Crippen molar-refractivity contribution in [3.05, 3.63) is 54.4 Å². The van der Waals surface area contributed by atoms with E-state index in [1.54, 1.807) is 32.9 Å². The minimum atomic E-state index is -0.845. The smallest absolute Gasteiger partial charge is 0.408 e. The van der Waals surface area contributed by atoms with E-state index in [0.717, 1.165) is 16.5 Å². The summed E-state index contributed by atoms with van der Waals surface area (Å²) in [5.41, 5.74) is 1.82. The van der Waals surface area contributed by atoms with Gasteiger partial charge in [0.1, 0.15) is 11.6 Å². The number of nitrogens with zero attached hydrogens (tertiary/aromatic N) is 2. The van der Waals surface area contributed by atoms with Crippen molar-refractivity contribution < 1.29 is 19.1 Å². The molecule has 2 amide bonds. The predicted octanol–water partition coefficient (Wildman–Crippen LogP) is 3.66. The topological polar surface area (TPSA) is 94.5 Å². The second-order valence-corrected chi connectivity index (χ2v) is 8.26. The van der Waals surface area contributed by atoms with Crippen molar-refractivity contribution in [1.82, 2.24) is 14.9 Å². The molecule has 2 N–H and O–H groups in total. The van der Waals surface area contributed by atoms with Gasteiger partial charge in [-0.1, -0.05) is 18.2 Å². The minimum absolute atomic E-state index is 0.302. The van der Waals surface area contributed by atoms with E-state index in [1.807, 2.05) is 42.1 Å². The highest BCUT2D eigenvalue weighted by atomic mass is 16.6. The second-order valence-electron chi connectivity index (χ2n) is 8.26. The van der Waals surface area contributed by atoms with Gasteiger partial charge in [-0.15, -0.1) is 0 Å². The highest BCUT2D eigenvalue weighted by molar-refractivity contribution is 5.97. The number of carbonyl (C=O) groups excluding carboxylic acids is 2. The summed E-state index contributed by atoms with van der Waals surface area (Å²) in [6, 6.07) is 10.4. The van der Waals surface area contributed by atoms with Crippen LogP contribution in [0.1, 0.15) is 26.3 Å². The number of anilines is 1. The number of alkyl carbamates (subject to hydrolysis) is 1. The van der Waals surface area contributed by atoms with E-state index in [0.29, 0.717) is 18.0 Å². The van der Waals surface area contributed by atoms with E-state index in [-0.39, 0.29) is 5.91 Å². The number of pyridine rings is 1. The van der Waals surface area contributed by atoms with E-state index in [1.165, 1.54) is 13.3 Å². The lowest BCUT2D eigenvalue weighted by molar-refractivity contribution is -0.118. The molecule has 0 saturated carbocycles. The Balaban J connectivity index is 1.84. The van der Waals surface area contributed by atoms with Crippen molar-refractivity contribution in [2.24, 2.45) is 7.05 Å². The highest BCUT2D eigenvalue weighted by Crippen LogP contribution is 2.22. The molecule has 164 valence electrons. The van der Waals surface area contributed by atoms with E-state index in [2.05, 4.69) is 15.6 Å². The van der Waals surface area contributed by atoms with Gasteiger partial charge in [0.05, 0.1) is 19.0 Å². The first-order valence-electron chi connectivity index (χ1n) is 9.99. The summed E-state index contributed by atoms with van der Waals surface area (Å²) in [5.74, 6) is 0.0722. The van der Waals surface area contributed by atoms with Crippen LogP contribution >= 0.6 is 0 Å². The van der Waals surface area contributed by atoms with Crippen molar-refractivity contribution in [1.29, 1.82) is 0 Å². The lowest BCUT2D eigenvalue weighted by Crippen LogP contribution is -2.47. The fraction of sp³-hybridized carbons (Fsp3) is 0.348. The van der Waals surface area contributed by atoms with Crippen molar-refractivity contribution in [3.63, 3.8) is 0 Å². The number of methoxy groups -OCH3 is 1. The lowest BCUT2D eigenvalue weighted by Gasteiger charge is -2.23. The Morgan fingerprint density at radius 3 is 2.55 bits per heavy atom. The molecular formula is C23H28N4O4. The maximum Gasteiger partial charge on any atom is 0.408 e. The average Bonchev–Trinajstić information content (AvgIpc) is 3.02. The van der Waals surface area contributed by atoms with Crippen LogP contribution in [0.3, 0.4) is 0 Å². The maximum absolute atomic E-state index is 13.1. The van der Waals surface area contributed by atoms with Crippen molar-refractivity contribution in [2.45, 2.75) is 38.8 Å². The van der Waals surface area contributed by atoms with Gasteiger partial charge in [0, 0.05) is 36.6 Å². The third-order valence-electron chi connectivity index (χ3n) is 4.62. The molecule has 1 atom stereocenters. The number of para-hydroxylation sites is 1. The molecule has 2 aromatic heterocycles. The third kappa shape index (κ3) is 5.75. The fourth-order valence-corrected chi connectivity index (χ4v) is 3.27. The standard InChI is InChI=1S/C23H28N4O4/c1-23(2,3)31-22(29)26-18(21(28)25-16-10-11-20(30-5)24-13-16)12-15-14-27(4)19-9-7-6-8-17(15)19/h6-11,13-14,18H,12H2,1-5H3,(H,25,28)(H,26,29). The number of ether oxygens (including phenoxy) is 2. The number of aryl methyl sites for hydroxylation is 1. The van der Waals surface area contributed by atoms with E-state index >= 15 is 0 Å². The second kappa shape index (κ2) is 9.07. The Labute approximate surface area is 181 Å². The van der Waals surface area contributed by atoms with Gasteiger partial charge in [-0.3, -0.25) is 4.79 Å². The first-order chi connectivity index (χ1) is 14.7. The average molecular weight is 425 g/mol. The number of hydrogen-bond acceptors (Lipinski definition) is 5. The molecule has 3 aromatic rings. The summed E-state index contributed by atoms with van der Waals surface area (Å²) in [6.07, 6.45) is 3.12. The Morgan fingerprint density at radius 1 is 1.16 bits per heavy atom. The van der Waals surface area contributed by atoms with E-state index in [9.17, 15) is 9.59 Å². The Hall–Kier alpha value is -3.55. The molecule has 0 bridgehead atoms. The number of fused-ring (bicyclic) bond motifs is 1. The number of amides is 2. The summed E-state index contributed by atoms with van der Waals surface area (Å²) in [5, 5.41) is 6.54. The van der Waals surface area contributed by atoms with Crippen LogP contribution in [-0.2, 0) is 23.0 Å². The monoisotopic (exact) mass is 424 g/mol. The molecule has 2 heterocycles. The molecule has 8 heteroatoms. The fourth-order valence-electron chi connectivity index (χ4n) is 3.27. The molecule has 0 aliphatic carbocycles. The molecular weight excluding hydrogens is 396 g/mol. The van der Waals surface area contributed by atoms with Gasteiger partial charge in [-0.05, 0) is 38.5 Å². The van der Waals surface area contributed by atoms with Gasteiger partial charge in [0.2, 0.25) is 11.8 Å². The highest BCUT2D eigenvalue weighted by Gasteiger charge is 2.26. The molecule has 0 fully saturated rings. The number of benzene rings is 1. The number of aromatic nitrogens is 2. The first kappa shape index (κ1) is 22.1. The van der Waals surface area contributed by atoms with Gasteiger partial charge in [0.25, 0.3) is 0 Å². The zero-order valence-electron chi connectivity index (χ0n) is 18.4. The summed E-state index contributed by atoms with van der Waals surface area (Å²) in [7, 11) is 3.47. The number of hydrogen-bond donors (Lipinski definition) is 2. The van der Waals surface area contributed by atoms with Crippen molar-refractivity contribution in [3.8, 4) is 5.88 Å². The Morgan fingerprint density at radius 2 is 1.90 bits per heavy atom. The molecule has 0 aliphatic heterocycles. The first-order valence-corrected chi connectivity index (χ1v) is 9.99. The van der Waals surface area contributed by atoms with Crippen molar-refractivity contribution in [2.75, 3.05) is 12.4 Å². The van der Waals surface area contributed by atoms with Crippen LogP contribution in [-0.4, -0.2) is 40.3 Å². The molecule has 1 unspecified atom stereocenters. The van der Waals surface area contributed by atoms with Crippen LogP contribution in [0.5, 0.6) is 5.88 Å². The quantitative estimate of drug-likeness (QED) is 0.630. The molecule has 31 heavy (non-hydrogen) atoms. The molecule has 0 saturated heterocycles. The third-order valence-corrected chi connectivity index (χ3v) is 4.62. The molecule has 0 spiro atoms. The van der Waals surface area contributed by atoms with Gasteiger partial charge in [0.15, 0.2) is 0 Å². The number of nitrogens with one attached hydrogen (secondary N) is 2. The van der Waals surface area contributed by atoms with Crippen LogP contribution in [0, 0.1) is 0 Å². The largest absolute Gasteiger partial charge is 0.481 e. The molecule has 0 aliphatic rings. The number of rotatable bonds is 6. The van der Waals surface area contributed by atoms with Crippen LogP contribution in [0.25, 0.3) is 10.9 Å². The van der Waals surface area contributed by atoms with Crippen LogP contribution in [0.2, 0.25) is 0 Å². The summed E-state index contributed by atoms with van der Waals surface area (Å²) in [4.78, 5) is 29.6. The predicted molar refractivity (Wildman–Crippen MR) is 119 cm³/mol. The minimum Gasteiger partial charge on any atom is -0.481 e. The van der Waals surface area contributed by atoms with E-state index < -0.39 is 17.7 Å². The normalized spacial score (nSPS) is 12.3.